The molecule has 1 aromatic heterocycles. The molecule has 0 saturated heterocycles. The number of hydrogen-bond acceptors (Lipinski definition) is 6. The van der Waals surface area contributed by atoms with E-state index in [2.05, 4.69) is 10.3 Å². The van der Waals surface area contributed by atoms with Gasteiger partial charge in [0.15, 0.2) is 12.3 Å². The van der Waals surface area contributed by atoms with Crippen molar-refractivity contribution in [3.63, 3.8) is 0 Å². The third kappa shape index (κ3) is 3.51. The molecule has 9 nitrogen and oxygen atoms in total. The van der Waals surface area contributed by atoms with Crippen LogP contribution in [0.5, 0.6) is 5.75 Å². The summed E-state index contributed by atoms with van der Waals surface area (Å²) in [5.74, 6) is 0.357. The van der Waals surface area contributed by atoms with Gasteiger partial charge in [0.25, 0.3) is 0 Å². The predicted octanol–water partition coefficient (Wildman–Crippen LogP) is 2.09. The minimum Gasteiger partial charge on any atom is -0.497 e. The lowest BCUT2D eigenvalue weighted by atomic mass is 10.3. The highest BCUT2D eigenvalue weighted by Crippen LogP contribution is 2.16. The van der Waals surface area contributed by atoms with Gasteiger partial charge >= 0.3 is 12.0 Å². The van der Waals surface area contributed by atoms with Crippen LogP contribution in [-0.4, -0.2) is 27.7 Å². The maximum absolute atomic E-state index is 11.7. The van der Waals surface area contributed by atoms with Crippen LogP contribution in [0, 0.1) is 10.1 Å². The number of nitrogens with one attached hydrogen (secondary N) is 1. The number of methoxy groups -OCH3 is 1. The molecule has 9 heteroatoms. The summed E-state index contributed by atoms with van der Waals surface area (Å²) in [5, 5.41) is 13.2. The van der Waals surface area contributed by atoms with Crippen LogP contribution in [0.4, 0.5) is 16.4 Å². The average molecular weight is 306 g/mol. The van der Waals surface area contributed by atoms with E-state index < -0.39 is 11.0 Å². The van der Waals surface area contributed by atoms with Gasteiger partial charge in [-0.05, 0) is 29.2 Å². The minimum atomic E-state index is -0.672. The number of imidazole rings is 1. The van der Waals surface area contributed by atoms with Gasteiger partial charge in [0.2, 0.25) is 0 Å². The minimum absolute atomic E-state index is 0.126. The van der Waals surface area contributed by atoms with Crippen LogP contribution in [-0.2, 0) is 18.4 Å². The predicted molar refractivity (Wildman–Crippen MR) is 76.7 cm³/mol. The van der Waals surface area contributed by atoms with Crippen LogP contribution < -0.4 is 10.1 Å². The normalized spacial score (nSPS) is 10.1. The zero-order valence-corrected chi connectivity index (χ0v) is 12.0. The summed E-state index contributed by atoms with van der Waals surface area (Å²) < 4.78 is 11.3. The molecule has 2 aromatic rings. The number of benzene rings is 1. The molecule has 1 N–H and O–H groups in total. The molecule has 1 amide bonds. The first-order valence-electron chi connectivity index (χ1n) is 6.24. The average Bonchev–Trinajstić information content (AvgIpc) is 2.87. The first kappa shape index (κ1) is 15.3. The summed E-state index contributed by atoms with van der Waals surface area (Å²) in [6.45, 7) is -0.126. The quantitative estimate of drug-likeness (QED) is 0.669. The summed E-state index contributed by atoms with van der Waals surface area (Å²) in [4.78, 5) is 25.3. The number of nitro groups is 1. The Hall–Kier alpha value is -3.10. The Morgan fingerprint density at radius 1 is 1.41 bits per heavy atom. The van der Waals surface area contributed by atoms with Gasteiger partial charge in [-0.25, -0.2) is 9.36 Å². The Morgan fingerprint density at radius 3 is 2.64 bits per heavy atom. The van der Waals surface area contributed by atoms with Crippen LogP contribution in [0.25, 0.3) is 0 Å². The number of carbonyl (C=O) groups is 1. The Labute approximate surface area is 125 Å². The third-order valence-electron chi connectivity index (χ3n) is 2.91. The van der Waals surface area contributed by atoms with Crippen LogP contribution in [0.3, 0.4) is 0 Å². The van der Waals surface area contributed by atoms with Crippen molar-refractivity contribution in [1.82, 2.24) is 9.55 Å². The van der Waals surface area contributed by atoms with E-state index >= 15 is 0 Å². The van der Waals surface area contributed by atoms with E-state index in [4.69, 9.17) is 9.47 Å². The van der Waals surface area contributed by atoms with E-state index in [-0.39, 0.29) is 12.6 Å². The summed E-state index contributed by atoms with van der Waals surface area (Å²) in [5.41, 5.74) is 0.957. The van der Waals surface area contributed by atoms with Gasteiger partial charge in [0.05, 0.1) is 14.2 Å². The Balaban J connectivity index is 1.91. The van der Waals surface area contributed by atoms with Crippen LogP contribution in [0.2, 0.25) is 0 Å². The fraction of sp³-hybridized carbons (Fsp3) is 0.231. The molecule has 0 aliphatic carbocycles. The highest BCUT2D eigenvalue weighted by molar-refractivity contribution is 5.84. The molecule has 0 fully saturated rings. The zero-order chi connectivity index (χ0) is 16.1. The molecule has 1 heterocycles. The molecule has 0 unspecified atom stereocenters. The lowest BCUT2D eigenvalue weighted by Crippen LogP contribution is -2.14. The largest absolute Gasteiger partial charge is 0.497 e. The number of carbonyl (C=O) groups excluding carboxylic acids is 1. The molecule has 2 rings (SSSR count). The fourth-order valence-corrected chi connectivity index (χ4v) is 1.71. The van der Waals surface area contributed by atoms with Gasteiger partial charge < -0.3 is 19.6 Å². The van der Waals surface area contributed by atoms with Crippen LogP contribution >= 0.6 is 0 Å². The molecule has 0 spiro atoms. The van der Waals surface area contributed by atoms with Crippen molar-refractivity contribution in [2.75, 3.05) is 12.4 Å². The molecule has 116 valence electrons. The van der Waals surface area contributed by atoms with Gasteiger partial charge in [0, 0.05) is 5.69 Å². The van der Waals surface area contributed by atoms with Crippen molar-refractivity contribution in [2.45, 2.75) is 6.61 Å². The second kappa shape index (κ2) is 6.57. The van der Waals surface area contributed by atoms with E-state index in [0.29, 0.717) is 17.1 Å². The number of hydrogen-bond donors (Lipinski definition) is 1. The van der Waals surface area contributed by atoms with Crippen molar-refractivity contribution in [3.8, 4) is 5.75 Å². The second-order valence-electron chi connectivity index (χ2n) is 4.30. The Morgan fingerprint density at radius 2 is 2.09 bits per heavy atom. The van der Waals surface area contributed by atoms with Gasteiger partial charge in [-0.3, -0.25) is 5.32 Å². The van der Waals surface area contributed by atoms with E-state index in [1.54, 1.807) is 31.4 Å². The Bertz CT molecular complexity index is 680. The number of rotatable bonds is 5. The summed E-state index contributed by atoms with van der Waals surface area (Å²) in [6, 6.07) is 6.71. The van der Waals surface area contributed by atoms with Crippen molar-refractivity contribution in [3.05, 3.63) is 46.3 Å². The molecule has 0 atom stereocenters. The molecule has 0 bridgehead atoms. The number of nitrogens with zero attached hydrogens (tertiary/aromatic N) is 3. The van der Waals surface area contributed by atoms with Gasteiger partial charge in [-0.2, -0.15) is 0 Å². The molecule has 0 aliphatic rings. The first-order valence-corrected chi connectivity index (χ1v) is 6.24. The van der Waals surface area contributed by atoms with Crippen LogP contribution in [0.15, 0.2) is 30.5 Å². The lowest BCUT2D eigenvalue weighted by molar-refractivity contribution is -0.396. The zero-order valence-electron chi connectivity index (χ0n) is 12.0. The standard InChI is InChI=1S/C13H14N4O5/c1-16-10(7-14-12(16)17(19)20)8-22-13(18)15-9-3-5-11(21-2)6-4-9/h3-7H,8H2,1-2H3,(H,15,18). The van der Waals surface area contributed by atoms with E-state index in [9.17, 15) is 14.9 Å². The summed E-state index contributed by atoms with van der Waals surface area (Å²) in [7, 11) is 3.02. The summed E-state index contributed by atoms with van der Waals surface area (Å²) in [6.07, 6.45) is 0.618. The Kier molecular flexibility index (Phi) is 4.57. The van der Waals surface area contributed by atoms with Gasteiger partial charge in [0.1, 0.15) is 11.9 Å². The molecular weight excluding hydrogens is 292 g/mol. The highest BCUT2D eigenvalue weighted by atomic mass is 16.6. The van der Waals surface area contributed by atoms with E-state index in [0.717, 1.165) is 0 Å². The molecule has 0 aliphatic heterocycles. The third-order valence-corrected chi connectivity index (χ3v) is 2.91. The smallest absolute Gasteiger partial charge is 0.434 e. The number of anilines is 1. The lowest BCUT2D eigenvalue weighted by Gasteiger charge is -2.07. The van der Waals surface area contributed by atoms with E-state index in [1.165, 1.54) is 17.8 Å². The van der Waals surface area contributed by atoms with Gasteiger partial charge in [-0.15, -0.1) is 0 Å². The summed E-state index contributed by atoms with van der Waals surface area (Å²) >= 11 is 0. The maximum atomic E-state index is 11.7. The molecule has 0 radical (unpaired) electrons. The van der Waals surface area contributed by atoms with Crippen molar-refractivity contribution in [1.29, 1.82) is 0 Å². The van der Waals surface area contributed by atoms with Crippen molar-refractivity contribution in [2.24, 2.45) is 7.05 Å². The number of ether oxygens (including phenoxy) is 2. The first-order chi connectivity index (χ1) is 10.5. The molecule has 1 aromatic carbocycles. The maximum Gasteiger partial charge on any atom is 0.434 e. The van der Waals surface area contributed by atoms with Crippen molar-refractivity contribution >= 4 is 17.7 Å². The van der Waals surface area contributed by atoms with Crippen LogP contribution in [0.1, 0.15) is 5.69 Å². The molecule has 0 saturated carbocycles. The molecular formula is C13H14N4O5. The second-order valence-corrected chi connectivity index (χ2v) is 4.30. The monoisotopic (exact) mass is 306 g/mol. The topological polar surface area (TPSA) is 109 Å². The van der Waals surface area contributed by atoms with Crippen molar-refractivity contribution < 1.29 is 19.2 Å². The fourth-order valence-electron chi connectivity index (χ4n) is 1.71. The highest BCUT2D eigenvalue weighted by Gasteiger charge is 2.18. The number of aromatic nitrogens is 2. The van der Waals surface area contributed by atoms with Gasteiger partial charge in [-0.1, -0.05) is 4.98 Å². The SMILES string of the molecule is COc1ccc(NC(=O)OCc2cnc([N+](=O)[O-])n2C)cc1. The molecule has 22 heavy (non-hydrogen) atoms. The number of amides is 1. The van der Waals surface area contributed by atoms with E-state index in [1.807, 2.05) is 0 Å².